The van der Waals surface area contributed by atoms with Gasteiger partial charge < -0.3 is 11.1 Å². The van der Waals surface area contributed by atoms with Gasteiger partial charge in [-0.2, -0.15) is 0 Å². The summed E-state index contributed by atoms with van der Waals surface area (Å²) in [4.78, 5) is 14.2. The molecular formula is C17H21N3O. The molecule has 0 aromatic heterocycles. The minimum absolute atomic E-state index is 0.0585. The summed E-state index contributed by atoms with van der Waals surface area (Å²) in [5.41, 5.74) is 7.30. The van der Waals surface area contributed by atoms with Gasteiger partial charge in [0.05, 0.1) is 6.04 Å². The van der Waals surface area contributed by atoms with Crippen LogP contribution in [-0.4, -0.2) is 36.5 Å². The number of nitrogens with zero attached hydrogens (tertiary/aromatic N) is 1. The molecule has 1 fully saturated rings. The molecule has 4 nitrogen and oxygen atoms in total. The number of nitrogens with two attached hydrogens (primary N) is 1. The molecule has 0 bridgehead atoms. The molecule has 2 aromatic rings. The maximum atomic E-state index is 12.0. The van der Waals surface area contributed by atoms with Gasteiger partial charge in [-0.05, 0) is 22.8 Å². The lowest BCUT2D eigenvalue weighted by atomic mass is 10.0. The van der Waals surface area contributed by atoms with Crippen molar-refractivity contribution >= 4 is 16.7 Å². The molecule has 1 amide bonds. The van der Waals surface area contributed by atoms with Crippen LogP contribution in [0.15, 0.2) is 42.5 Å². The molecule has 0 saturated carbocycles. The summed E-state index contributed by atoms with van der Waals surface area (Å²) in [6.07, 6.45) is 0.727. The molecule has 110 valence electrons. The SMILES string of the molecule is CNC(=O)[C@@H]1C[C@@H](N)CN1Cc1cccc2ccccc12. The Hall–Kier alpha value is -1.91. The summed E-state index contributed by atoms with van der Waals surface area (Å²) in [6, 6.07) is 14.6. The van der Waals surface area contributed by atoms with E-state index in [9.17, 15) is 4.79 Å². The lowest BCUT2D eigenvalue weighted by Crippen LogP contribution is -2.41. The molecule has 0 aliphatic carbocycles. The van der Waals surface area contributed by atoms with Gasteiger partial charge in [-0.1, -0.05) is 42.5 Å². The van der Waals surface area contributed by atoms with E-state index in [1.165, 1.54) is 16.3 Å². The number of likely N-dealkylation sites (tertiary alicyclic amines) is 1. The molecule has 1 heterocycles. The van der Waals surface area contributed by atoms with Gasteiger partial charge in [0.2, 0.25) is 5.91 Å². The predicted octanol–water partition coefficient (Wildman–Crippen LogP) is 1.49. The van der Waals surface area contributed by atoms with Gasteiger partial charge in [-0.15, -0.1) is 0 Å². The molecule has 2 atom stereocenters. The second-order valence-corrected chi connectivity index (χ2v) is 5.69. The van der Waals surface area contributed by atoms with Crippen LogP contribution in [0.3, 0.4) is 0 Å². The van der Waals surface area contributed by atoms with Gasteiger partial charge in [0.15, 0.2) is 0 Å². The predicted molar refractivity (Wildman–Crippen MR) is 84.8 cm³/mol. The number of benzene rings is 2. The molecule has 4 heteroatoms. The van der Waals surface area contributed by atoms with Crippen molar-refractivity contribution < 1.29 is 4.79 Å². The molecule has 1 aliphatic heterocycles. The highest BCUT2D eigenvalue weighted by atomic mass is 16.2. The standard InChI is InChI=1S/C17H21N3O/c1-19-17(21)16-9-14(18)11-20(16)10-13-7-4-6-12-5-2-3-8-15(12)13/h2-8,14,16H,9-11,18H2,1H3,(H,19,21)/t14-,16+/m1/s1. The summed E-state index contributed by atoms with van der Waals surface area (Å²) >= 11 is 0. The monoisotopic (exact) mass is 283 g/mol. The van der Waals surface area contributed by atoms with E-state index in [0.29, 0.717) is 0 Å². The van der Waals surface area contributed by atoms with Gasteiger partial charge in [0, 0.05) is 26.2 Å². The Morgan fingerprint density at radius 2 is 2.05 bits per heavy atom. The number of rotatable bonds is 3. The Morgan fingerprint density at radius 1 is 1.29 bits per heavy atom. The van der Waals surface area contributed by atoms with Crippen LogP contribution in [0.1, 0.15) is 12.0 Å². The van der Waals surface area contributed by atoms with Crippen LogP contribution in [0.2, 0.25) is 0 Å². The topological polar surface area (TPSA) is 58.4 Å². The zero-order valence-corrected chi connectivity index (χ0v) is 12.3. The van der Waals surface area contributed by atoms with Crippen LogP contribution in [0, 0.1) is 0 Å². The molecule has 1 saturated heterocycles. The van der Waals surface area contributed by atoms with Crippen molar-refractivity contribution in [1.29, 1.82) is 0 Å². The molecule has 3 N–H and O–H groups in total. The number of hydrogen-bond donors (Lipinski definition) is 2. The normalized spacial score (nSPS) is 22.6. The van der Waals surface area contributed by atoms with Crippen LogP contribution in [0.5, 0.6) is 0 Å². The van der Waals surface area contributed by atoms with Crippen molar-refractivity contribution in [3.05, 3.63) is 48.0 Å². The highest BCUT2D eigenvalue weighted by Gasteiger charge is 2.34. The van der Waals surface area contributed by atoms with Crippen molar-refractivity contribution in [2.24, 2.45) is 5.73 Å². The Bertz CT molecular complexity index is 650. The number of hydrogen-bond acceptors (Lipinski definition) is 3. The highest BCUT2D eigenvalue weighted by molar-refractivity contribution is 5.86. The van der Waals surface area contributed by atoms with E-state index in [2.05, 4.69) is 46.6 Å². The first kappa shape index (κ1) is 14.0. The quantitative estimate of drug-likeness (QED) is 0.897. The third-order valence-corrected chi connectivity index (χ3v) is 4.24. The van der Waals surface area contributed by atoms with Crippen molar-refractivity contribution in [2.45, 2.75) is 25.0 Å². The third kappa shape index (κ3) is 2.77. The molecule has 0 radical (unpaired) electrons. The molecule has 0 spiro atoms. The van der Waals surface area contributed by atoms with E-state index in [1.54, 1.807) is 7.05 Å². The highest BCUT2D eigenvalue weighted by Crippen LogP contribution is 2.24. The second kappa shape index (κ2) is 5.84. The Morgan fingerprint density at radius 3 is 2.86 bits per heavy atom. The van der Waals surface area contributed by atoms with Crippen LogP contribution < -0.4 is 11.1 Å². The number of nitrogens with one attached hydrogen (secondary N) is 1. The summed E-state index contributed by atoms with van der Waals surface area (Å²) in [6.45, 7) is 1.52. The number of carbonyl (C=O) groups is 1. The van der Waals surface area contributed by atoms with E-state index < -0.39 is 0 Å². The fraction of sp³-hybridized carbons (Fsp3) is 0.353. The van der Waals surface area contributed by atoms with Crippen molar-refractivity contribution in [3.8, 4) is 0 Å². The average molecular weight is 283 g/mol. The van der Waals surface area contributed by atoms with Gasteiger partial charge in [-0.3, -0.25) is 9.69 Å². The first-order valence-electron chi connectivity index (χ1n) is 7.37. The van der Waals surface area contributed by atoms with Crippen molar-refractivity contribution in [3.63, 3.8) is 0 Å². The fourth-order valence-corrected chi connectivity index (χ4v) is 3.20. The Labute approximate surface area is 124 Å². The van der Waals surface area contributed by atoms with Gasteiger partial charge >= 0.3 is 0 Å². The van der Waals surface area contributed by atoms with E-state index >= 15 is 0 Å². The van der Waals surface area contributed by atoms with E-state index in [0.717, 1.165) is 19.5 Å². The van der Waals surface area contributed by atoms with Crippen LogP contribution >= 0.6 is 0 Å². The third-order valence-electron chi connectivity index (χ3n) is 4.24. The smallest absolute Gasteiger partial charge is 0.237 e. The first-order chi connectivity index (χ1) is 10.2. The van der Waals surface area contributed by atoms with Crippen molar-refractivity contribution in [2.75, 3.05) is 13.6 Å². The summed E-state index contributed by atoms with van der Waals surface area (Å²) < 4.78 is 0. The summed E-state index contributed by atoms with van der Waals surface area (Å²) in [7, 11) is 1.68. The van der Waals surface area contributed by atoms with Gasteiger partial charge in [-0.25, -0.2) is 0 Å². The van der Waals surface area contributed by atoms with Gasteiger partial charge in [0.25, 0.3) is 0 Å². The van der Waals surface area contributed by atoms with Crippen molar-refractivity contribution in [1.82, 2.24) is 10.2 Å². The minimum Gasteiger partial charge on any atom is -0.358 e. The molecular weight excluding hydrogens is 262 g/mol. The zero-order valence-electron chi connectivity index (χ0n) is 12.3. The largest absolute Gasteiger partial charge is 0.358 e. The molecule has 3 rings (SSSR count). The second-order valence-electron chi connectivity index (χ2n) is 5.69. The van der Waals surface area contributed by atoms with E-state index in [1.807, 2.05) is 6.07 Å². The summed E-state index contributed by atoms with van der Waals surface area (Å²) in [5, 5.41) is 5.22. The maximum Gasteiger partial charge on any atom is 0.237 e. The maximum absolute atomic E-state index is 12.0. The molecule has 0 unspecified atom stereocenters. The Kier molecular flexibility index (Phi) is 3.90. The Balaban J connectivity index is 1.89. The first-order valence-corrected chi connectivity index (χ1v) is 7.37. The van der Waals surface area contributed by atoms with Crippen LogP contribution in [0.25, 0.3) is 10.8 Å². The molecule has 21 heavy (non-hydrogen) atoms. The van der Waals surface area contributed by atoms with E-state index in [4.69, 9.17) is 5.73 Å². The minimum atomic E-state index is -0.121. The van der Waals surface area contributed by atoms with Crippen LogP contribution in [-0.2, 0) is 11.3 Å². The fourth-order valence-electron chi connectivity index (χ4n) is 3.20. The zero-order chi connectivity index (χ0) is 14.8. The molecule has 1 aliphatic rings. The van der Waals surface area contributed by atoms with Crippen LogP contribution in [0.4, 0.5) is 0 Å². The summed E-state index contributed by atoms with van der Waals surface area (Å²) in [5.74, 6) is 0.0585. The number of carbonyl (C=O) groups excluding carboxylic acids is 1. The molecule has 2 aromatic carbocycles. The lowest BCUT2D eigenvalue weighted by molar-refractivity contribution is -0.125. The number of amides is 1. The number of likely N-dealkylation sites (N-methyl/N-ethyl adjacent to an activating group) is 1. The van der Waals surface area contributed by atoms with Gasteiger partial charge in [0.1, 0.15) is 0 Å². The average Bonchev–Trinajstić information content (AvgIpc) is 2.87. The van der Waals surface area contributed by atoms with E-state index in [-0.39, 0.29) is 18.0 Å². The lowest BCUT2D eigenvalue weighted by Gasteiger charge is -2.23. The number of fused-ring (bicyclic) bond motifs is 1.